The smallest absolute Gasteiger partial charge is 0.251 e. The van der Waals surface area contributed by atoms with Crippen LogP contribution in [-0.2, 0) is 16.4 Å². The first-order valence-electron chi connectivity index (χ1n) is 9.64. The predicted molar refractivity (Wildman–Crippen MR) is 116 cm³/mol. The van der Waals surface area contributed by atoms with Crippen molar-refractivity contribution in [1.29, 1.82) is 0 Å². The molecule has 7 nitrogen and oxygen atoms in total. The van der Waals surface area contributed by atoms with E-state index in [1.165, 1.54) is 25.1 Å². The summed E-state index contributed by atoms with van der Waals surface area (Å²) in [6.45, 7) is 3.13. The third-order valence-corrected chi connectivity index (χ3v) is 6.54. The molecule has 4 rings (SSSR count). The Kier molecular flexibility index (Phi) is 5.47. The SMILES string of the molecule is Cc1nc([C@H](Cc2c[nH]c3ccccc23)NS(=O)(=O)c2ccc(F)c(C)c2)cc(=O)[nH]1. The van der Waals surface area contributed by atoms with Crippen molar-refractivity contribution in [1.82, 2.24) is 19.7 Å². The van der Waals surface area contributed by atoms with E-state index in [9.17, 15) is 17.6 Å². The number of benzene rings is 2. The number of hydrogen-bond acceptors (Lipinski definition) is 4. The fourth-order valence-electron chi connectivity index (χ4n) is 3.55. The summed E-state index contributed by atoms with van der Waals surface area (Å²) in [5.41, 5.74) is 1.94. The van der Waals surface area contributed by atoms with Gasteiger partial charge in [-0.25, -0.2) is 22.5 Å². The van der Waals surface area contributed by atoms with Gasteiger partial charge >= 0.3 is 0 Å². The Bertz CT molecular complexity index is 1430. The first kappa shape index (κ1) is 21.0. The van der Waals surface area contributed by atoms with Gasteiger partial charge in [-0.1, -0.05) is 18.2 Å². The van der Waals surface area contributed by atoms with Crippen LogP contribution in [0.1, 0.15) is 28.7 Å². The minimum absolute atomic E-state index is 0.0584. The molecule has 2 aromatic carbocycles. The molecule has 0 spiro atoms. The zero-order chi connectivity index (χ0) is 22.2. The summed E-state index contributed by atoms with van der Waals surface area (Å²) in [6.07, 6.45) is 2.08. The molecule has 160 valence electrons. The van der Waals surface area contributed by atoms with Gasteiger partial charge in [0.05, 0.1) is 16.6 Å². The first-order valence-corrected chi connectivity index (χ1v) is 11.1. The summed E-state index contributed by atoms with van der Waals surface area (Å²) in [7, 11) is -4.01. The molecule has 0 bridgehead atoms. The summed E-state index contributed by atoms with van der Waals surface area (Å²) in [5.74, 6) is -0.107. The van der Waals surface area contributed by atoms with Crippen LogP contribution in [0.15, 0.2) is 64.4 Å². The number of nitrogens with one attached hydrogen (secondary N) is 3. The number of H-pyrrole nitrogens is 2. The highest BCUT2D eigenvalue weighted by atomic mass is 32.2. The largest absolute Gasteiger partial charge is 0.361 e. The van der Waals surface area contributed by atoms with Gasteiger partial charge in [0.1, 0.15) is 11.6 Å². The van der Waals surface area contributed by atoms with Gasteiger partial charge in [0.25, 0.3) is 5.56 Å². The Labute approximate surface area is 178 Å². The second-order valence-corrected chi connectivity index (χ2v) is 9.12. The fourth-order valence-corrected chi connectivity index (χ4v) is 4.84. The van der Waals surface area contributed by atoms with E-state index in [4.69, 9.17) is 0 Å². The Morgan fingerprint density at radius 3 is 2.65 bits per heavy atom. The molecule has 2 heterocycles. The molecule has 0 amide bonds. The second kappa shape index (κ2) is 8.09. The van der Waals surface area contributed by atoms with Crippen LogP contribution in [0.2, 0.25) is 0 Å². The highest BCUT2D eigenvalue weighted by Crippen LogP contribution is 2.25. The van der Waals surface area contributed by atoms with Crippen molar-refractivity contribution < 1.29 is 12.8 Å². The number of aromatic nitrogens is 3. The molecule has 0 saturated carbocycles. The van der Waals surface area contributed by atoms with E-state index in [2.05, 4.69) is 19.7 Å². The Hall–Kier alpha value is -3.30. The van der Waals surface area contributed by atoms with Gasteiger partial charge in [0.2, 0.25) is 10.0 Å². The van der Waals surface area contributed by atoms with Crippen LogP contribution in [0, 0.1) is 19.7 Å². The lowest BCUT2D eigenvalue weighted by Gasteiger charge is -2.19. The van der Waals surface area contributed by atoms with Crippen molar-refractivity contribution >= 4 is 20.9 Å². The Balaban J connectivity index is 1.76. The third-order valence-electron chi connectivity index (χ3n) is 5.07. The number of para-hydroxylation sites is 1. The minimum atomic E-state index is -4.01. The standard InChI is InChI=1S/C22H21FN4O3S/c1-13-9-16(7-8-18(13)23)31(29,30)27-21(20-11-22(28)26-14(2)25-20)10-15-12-24-19-6-4-3-5-17(15)19/h3-9,11-12,21,24,27H,10H2,1-2H3,(H,25,26,28)/t21-/m0/s1. The summed E-state index contributed by atoms with van der Waals surface area (Å²) in [4.78, 5) is 22.1. The van der Waals surface area contributed by atoms with Gasteiger partial charge in [-0.3, -0.25) is 4.79 Å². The van der Waals surface area contributed by atoms with Gasteiger partial charge in [-0.2, -0.15) is 0 Å². The van der Waals surface area contributed by atoms with Crippen LogP contribution in [0.3, 0.4) is 0 Å². The van der Waals surface area contributed by atoms with E-state index in [0.29, 0.717) is 11.5 Å². The lowest BCUT2D eigenvalue weighted by atomic mass is 10.0. The average Bonchev–Trinajstić information content (AvgIpc) is 3.11. The predicted octanol–water partition coefficient (Wildman–Crippen LogP) is 3.27. The maximum atomic E-state index is 13.6. The number of aromatic amines is 2. The highest BCUT2D eigenvalue weighted by Gasteiger charge is 2.25. The quantitative estimate of drug-likeness (QED) is 0.428. The van der Waals surface area contributed by atoms with E-state index in [0.717, 1.165) is 22.5 Å². The van der Waals surface area contributed by atoms with Crippen molar-refractivity contribution in [2.75, 3.05) is 0 Å². The van der Waals surface area contributed by atoms with Gasteiger partial charge in [-0.15, -0.1) is 0 Å². The van der Waals surface area contributed by atoms with Crippen LogP contribution in [0.25, 0.3) is 10.9 Å². The molecule has 1 atom stereocenters. The number of sulfonamides is 1. The van der Waals surface area contributed by atoms with Crippen molar-refractivity contribution in [2.45, 2.75) is 31.2 Å². The first-order chi connectivity index (χ1) is 14.7. The molecule has 0 unspecified atom stereocenters. The molecule has 0 fully saturated rings. The number of aryl methyl sites for hydroxylation is 2. The minimum Gasteiger partial charge on any atom is -0.361 e. The molecular weight excluding hydrogens is 419 g/mol. The molecule has 2 aromatic heterocycles. The van der Waals surface area contributed by atoms with Gasteiger partial charge in [-0.05, 0) is 55.7 Å². The molecule has 0 aliphatic heterocycles. The van der Waals surface area contributed by atoms with E-state index >= 15 is 0 Å². The molecule has 0 radical (unpaired) electrons. The number of fused-ring (bicyclic) bond motifs is 1. The molecule has 0 aliphatic rings. The van der Waals surface area contributed by atoms with Crippen LogP contribution < -0.4 is 10.3 Å². The second-order valence-electron chi connectivity index (χ2n) is 7.40. The van der Waals surface area contributed by atoms with E-state index in [1.807, 2.05) is 30.5 Å². The van der Waals surface area contributed by atoms with Gasteiger partial charge < -0.3 is 9.97 Å². The lowest BCUT2D eigenvalue weighted by molar-refractivity contribution is 0.548. The zero-order valence-corrected chi connectivity index (χ0v) is 17.8. The monoisotopic (exact) mass is 440 g/mol. The van der Waals surface area contributed by atoms with Crippen LogP contribution in [0.5, 0.6) is 0 Å². The molecule has 0 aliphatic carbocycles. The molecule has 4 aromatic rings. The van der Waals surface area contributed by atoms with Crippen LogP contribution >= 0.6 is 0 Å². The summed E-state index contributed by atoms with van der Waals surface area (Å²) >= 11 is 0. The Morgan fingerprint density at radius 1 is 1.13 bits per heavy atom. The summed E-state index contributed by atoms with van der Waals surface area (Å²) in [6, 6.07) is 11.7. The van der Waals surface area contributed by atoms with Crippen LogP contribution in [0.4, 0.5) is 4.39 Å². The molecule has 3 N–H and O–H groups in total. The topological polar surface area (TPSA) is 108 Å². The average molecular weight is 441 g/mol. The fraction of sp³-hybridized carbons (Fsp3) is 0.182. The van der Waals surface area contributed by atoms with Crippen molar-refractivity contribution in [3.05, 3.63) is 93.5 Å². The number of hydrogen-bond donors (Lipinski definition) is 3. The van der Waals surface area contributed by atoms with E-state index < -0.39 is 21.9 Å². The van der Waals surface area contributed by atoms with E-state index in [1.54, 1.807) is 6.92 Å². The van der Waals surface area contributed by atoms with E-state index in [-0.39, 0.29) is 22.4 Å². The number of rotatable bonds is 6. The van der Waals surface area contributed by atoms with Crippen molar-refractivity contribution in [3.8, 4) is 0 Å². The third kappa shape index (κ3) is 4.42. The number of nitrogens with zero attached hydrogens (tertiary/aromatic N) is 1. The maximum Gasteiger partial charge on any atom is 0.251 e. The molecule has 0 saturated heterocycles. The Morgan fingerprint density at radius 2 is 1.90 bits per heavy atom. The normalized spacial score (nSPS) is 12.9. The highest BCUT2D eigenvalue weighted by molar-refractivity contribution is 7.89. The molecular formula is C22H21FN4O3S. The van der Waals surface area contributed by atoms with Gasteiger partial charge in [0, 0.05) is 23.2 Å². The molecule has 31 heavy (non-hydrogen) atoms. The molecule has 9 heteroatoms. The number of halogens is 1. The summed E-state index contributed by atoms with van der Waals surface area (Å²) < 4.78 is 42.5. The van der Waals surface area contributed by atoms with Crippen molar-refractivity contribution in [3.63, 3.8) is 0 Å². The lowest BCUT2D eigenvalue weighted by Crippen LogP contribution is -2.32. The van der Waals surface area contributed by atoms with Gasteiger partial charge in [0.15, 0.2) is 0 Å². The summed E-state index contributed by atoms with van der Waals surface area (Å²) in [5, 5.41) is 0.950. The zero-order valence-electron chi connectivity index (χ0n) is 16.9. The maximum absolute atomic E-state index is 13.6. The van der Waals surface area contributed by atoms with Crippen LogP contribution in [-0.4, -0.2) is 23.4 Å². The van der Waals surface area contributed by atoms with Crippen molar-refractivity contribution in [2.24, 2.45) is 0 Å².